The molecule has 0 heteroatoms. The lowest BCUT2D eigenvalue weighted by Crippen LogP contribution is -1.90. The number of hydrogen-bond donors (Lipinski definition) is 0. The Hall–Kier alpha value is -5.46. The Morgan fingerprint density at radius 1 is 0.190 bits per heavy atom. The minimum absolute atomic E-state index is 1.26. The zero-order valence-corrected chi connectivity index (χ0v) is 23.0. The van der Waals surface area contributed by atoms with Gasteiger partial charge >= 0.3 is 0 Å². The Morgan fingerprint density at radius 3 is 0.857 bits per heavy atom. The molecule has 9 aromatic carbocycles. The molecule has 9 aromatic rings. The third-order valence-electron chi connectivity index (χ3n) is 8.96. The van der Waals surface area contributed by atoms with Gasteiger partial charge in [0.25, 0.3) is 0 Å². The van der Waals surface area contributed by atoms with Crippen LogP contribution in [0, 0.1) is 0 Å². The van der Waals surface area contributed by atoms with E-state index in [2.05, 4.69) is 158 Å². The van der Waals surface area contributed by atoms with Gasteiger partial charge in [-0.15, -0.1) is 0 Å². The van der Waals surface area contributed by atoms with Gasteiger partial charge in [0, 0.05) is 0 Å². The molecule has 0 radical (unpaired) electrons. The lowest BCUT2D eigenvalue weighted by molar-refractivity contribution is 1.68. The molecule has 9 rings (SSSR count). The van der Waals surface area contributed by atoms with Crippen LogP contribution in [0.25, 0.3) is 86.9 Å². The minimum Gasteiger partial charge on any atom is -0.0616 e. The summed E-state index contributed by atoms with van der Waals surface area (Å²) < 4.78 is 0. The van der Waals surface area contributed by atoms with Gasteiger partial charge in [-0.2, -0.15) is 0 Å². The molecular weight excluding hydrogens is 504 g/mol. The average Bonchev–Trinajstić information content (AvgIpc) is 3.04. The summed E-state index contributed by atoms with van der Waals surface area (Å²) in [5, 5.41) is 15.3. The summed E-state index contributed by atoms with van der Waals surface area (Å²) in [4.78, 5) is 0. The molecule has 0 aromatic heterocycles. The molecule has 0 heterocycles. The third kappa shape index (κ3) is 3.56. The van der Waals surface area contributed by atoms with Crippen molar-refractivity contribution in [2.75, 3.05) is 0 Å². The van der Waals surface area contributed by atoms with Gasteiger partial charge in [-0.25, -0.2) is 0 Å². The molecule has 0 saturated carbocycles. The lowest BCUT2D eigenvalue weighted by Gasteiger charge is -2.17. The second-order valence-electron chi connectivity index (χ2n) is 11.4. The fraction of sp³-hybridized carbons (Fsp3) is 0. The Bertz CT molecular complexity index is 2340. The molecule has 0 aliphatic heterocycles. The van der Waals surface area contributed by atoms with Gasteiger partial charge < -0.3 is 0 Å². The number of fused-ring (bicyclic) bond motifs is 6. The van der Waals surface area contributed by atoms with E-state index in [0.717, 1.165) is 0 Å². The average molecular weight is 531 g/mol. The van der Waals surface area contributed by atoms with Crippen molar-refractivity contribution >= 4 is 64.6 Å². The second kappa shape index (κ2) is 9.03. The maximum atomic E-state index is 2.39. The molecule has 42 heavy (non-hydrogen) atoms. The summed E-state index contributed by atoms with van der Waals surface area (Å²) in [6.07, 6.45) is 0. The maximum absolute atomic E-state index is 2.39. The van der Waals surface area contributed by atoms with Gasteiger partial charge in [0.2, 0.25) is 0 Å². The largest absolute Gasteiger partial charge is 0.0616 e. The first kappa shape index (κ1) is 23.3. The molecule has 0 amide bonds. The van der Waals surface area contributed by atoms with E-state index < -0.39 is 0 Å². The Morgan fingerprint density at radius 2 is 0.476 bits per heavy atom. The van der Waals surface area contributed by atoms with Gasteiger partial charge in [-0.1, -0.05) is 121 Å². The molecule has 0 aliphatic rings. The molecule has 0 aliphatic carbocycles. The number of rotatable bonds is 2. The molecule has 194 valence electrons. The van der Waals surface area contributed by atoms with E-state index in [-0.39, 0.29) is 0 Å². The van der Waals surface area contributed by atoms with E-state index in [0.29, 0.717) is 0 Å². The molecular formula is C42H26. The molecule has 0 nitrogen and oxygen atoms in total. The Labute approximate surface area is 244 Å². The van der Waals surface area contributed by atoms with Crippen molar-refractivity contribution in [3.63, 3.8) is 0 Å². The van der Waals surface area contributed by atoms with Crippen molar-refractivity contribution in [3.05, 3.63) is 158 Å². The standard InChI is InChI=1S/C42H26/c1-3-11-29-23-39-33(21-27(29)9-1)15-7-17-35(39)37-19-20-38(42-26-32-14-6-5-13-31(32)25-41(37)42)36-18-8-16-34-22-28-10-2-4-12-30(28)24-40(34)36/h1-26H. The van der Waals surface area contributed by atoms with E-state index in [4.69, 9.17) is 0 Å². The number of hydrogen-bond acceptors (Lipinski definition) is 0. The van der Waals surface area contributed by atoms with Crippen LogP contribution in [-0.2, 0) is 0 Å². The fourth-order valence-corrected chi connectivity index (χ4v) is 6.91. The van der Waals surface area contributed by atoms with E-state index in [9.17, 15) is 0 Å². The first-order chi connectivity index (χ1) is 20.8. The van der Waals surface area contributed by atoms with Crippen molar-refractivity contribution in [3.8, 4) is 22.3 Å². The predicted molar refractivity (Wildman–Crippen MR) is 182 cm³/mol. The molecule has 0 fully saturated rings. The quantitative estimate of drug-likeness (QED) is 0.195. The highest BCUT2D eigenvalue weighted by Crippen LogP contribution is 2.42. The molecule has 0 bridgehead atoms. The highest BCUT2D eigenvalue weighted by Gasteiger charge is 2.15. The van der Waals surface area contributed by atoms with Gasteiger partial charge in [0.15, 0.2) is 0 Å². The van der Waals surface area contributed by atoms with Crippen molar-refractivity contribution in [2.45, 2.75) is 0 Å². The van der Waals surface area contributed by atoms with Gasteiger partial charge in [-0.3, -0.25) is 0 Å². The van der Waals surface area contributed by atoms with Crippen LogP contribution in [0.4, 0.5) is 0 Å². The minimum atomic E-state index is 1.26. The van der Waals surface area contributed by atoms with Crippen LogP contribution in [-0.4, -0.2) is 0 Å². The summed E-state index contributed by atoms with van der Waals surface area (Å²) in [5.41, 5.74) is 5.08. The first-order valence-electron chi connectivity index (χ1n) is 14.6. The highest BCUT2D eigenvalue weighted by atomic mass is 14.2. The smallest absolute Gasteiger partial charge is 0.00926 e. The summed E-state index contributed by atoms with van der Waals surface area (Å²) in [7, 11) is 0. The van der Waals surface area contributed by atoms with Crippen LogP contribution >= 0.6 is 0 Å². The highest BCUT2D eigenvalue weighted by molar-refractivity contribution is 6.17. The Kier molecular flexibility index (Phi) is 5.00. The van der Waals surface area contributed by atoms with Gasteiger partial charge in [0.1, 0.15) is 0 Å². The lowest BCUT2D eigenvalue weighted by atomic mass is 9.87. The molecule has 0 N–H and O–H groups in total. The van der Waals surface area contributed by atoms with E-state index in [1.54, 1.807) is 0 Å². The van der Waals surface area contributed by atoms with Gasteiger partial charge in [0.05, 0.1) is 0 Å². The maximum Gasteiger partial charge on any atom is -0.00926 e. The van der Waals surface area contributed by atoms with Crippen molar-refractivity contribution in [1.82, 2.24) is 0 Å². The van der Waals surface area contributed by atoms with E-state index in [1.807, 2.05) is 0 Å². The zero-order valence-electron chi connectivity index (χ0n) is 23.0. The summed E-state index contributed by atoms with van der Waals surface area (Å²) in [5.74, 6) is 0. The van der Waals surface area contributed by atoms with Crippen LogP contribution in [0.1, 0.15) is 0 Å². The summed E-state index contributed by atoms with van der Waals surface area (Å²) in [6.45, 7) is 0. The van der Waals surface area contributed by atoms with Crippen molar-refractivity contribution in [2.24, 2.45) is 0 Å². The van der Waals surface area contributed by atoms with Crippen LogP contribution in [0.5, 0.6) is 0 Å². The van der Waals surface area contributed by atoms with E-state index >= 15 is 0 Å². The van der Waals surface area contributed by atoms with Crippen molar-refractivity contribution < 1.29 is 0 Å². The molecule has 0 atom stereocenters. The molecule has 0 saturated heterocycles. The monoisotopic (exact) mass is 530 g/mol. The second-order valence-corrected chi connectivity index (χ2v) is 11.4. The van der Waals surface area contributed by atoms with Crippen LogP contribution in [0.15, 0.2) is 158 Å². The first-order valence-corrected chi connectivity index (χ1v) is 14.6. The predicted octanol–water partition coefficient (Wildman–Crippen LogP) is 11.9. The molecule has 0 spiro atoms. The van der Waals surface area contributed by atoms with Gasteiger partial charge in [-0.05, 0) is 123 Å². The van der Waals surface area contributed by atoms with E-state index in [1.165, 1.54) is 86.9 Å². The number of benzene rings is 9. The van der Waals surface area contributed by atoms with Crippen LogP contribution in [0.2, 0.25) is 0 Å². The van der Waals surface area contributed by atoms with Crippen LogP contribution in [0.3, 0.4) is 0 Å². The SMILES string of the molecule is c1ccc2cc3c(-c4ccc(-c5cccc6cc7ccccc7cc56)c5cc6ccccc6cc45)cccc3cc2c1. The van der Waals surface area contributed by atoms with Crippen molar-refractivity contribution in [1.29, 1.82) is 0 Å². The normalized spacial score (nSPS) is 11.8. The Balaban J connectivity index is 1.38. The topological polar surface area (TPSA) is 0 Å². The fourth-order valence-electron chi connectivity index (χ4n) is 6.91. The summed E-state index contributed by atoms with van der Waals surface area (Å²) in [6, 6.07) is 58.3. The molecule has 0 unspecified atom stereocenters. The summed E-state index contributed by atoms with van der Waals surface area (Å²) >= 11 is 0. The zero-order chi connectivity index (χ0) is 27.6. The van der Waals surface area contributed by atoms with Crippen LogP contribution < -0.4 is 0 Å². The third-order valence-corrected chi connectivity index (χ3v) is 8.96.